The van der Waals surface area contributed by atoms with E-state index in [0.29, 0.717) is 23.5 Å². The molecule has 1 amide bonds. The van der Waals surface area contributed by atoms with Crippen molar-refractivity contribution in [2.45, 2.75) is 64.0 Å². The molecule has 204 valence electrons. The molecule has 0 bridgehead atoms. The minimum Gasteiger partial charge on any atom is -0.364 e. The molecule has 0 unspecified atom stereocenters. The summed E-state index contributed by atoms with van der Waals surface area (Å²) in [5.41, 5.74) is -2.22. The Bertz CT molecular complexity index is 1130. The Hall–Kier alpha value is -3.03. The molecule has 14 heteroatoms. The van der Waals surface area contributed by atoms with E-state index in [1.807, 2.05) is 0 Å². The average molecular weight is 539 g/mol. The molecule has 0 aliphatic carbocycles. The van der Waals surface area contributed by atoms with Gasteiger partial charge in [0.15, 0.2) is 5.82 Å². The Kier molecular flexibility index (Phi) is 8.01. The third-order valence-electron chi connectivity index (χ3n) is 6.02. The highest BCUT2D eigenvalue weighted by atomic mass is 19.4. The van der Waals surface area contributed by atoms with Crippen molar-refractivity contribution in [3.05, 3.63) is 35.4 Å². The number of likely N-dealkylation sites (tertiary alicyclic amines) is 1. The van der Waals surface area contributed by atoms with Gasteiger partial charge < -0.3 is 10.6 Å². The fourth-order valence-corrected chi connectivity index (χ4v) is 3.92. The lowest BCUT2D eigenvalue weighted by Crippen LogP contribution is -2.47. The van der Waals surface area contributed by atoms with Crippen molar-refractivity contribution in [2.75, 3.05) is 23.7 Å². The van der Waals surface area contributed by atoms with Crippen molar-refractivity contribution in [3.63, 3.8) is 0 Å². The standard InChI is InChI=1S/C23H25F8N5O/c1-12(2)36-8-4-5-15(11-36)32-19-13(3)9-18(34-35-19)16-7-6-14(22(26,27)28)10-17(16)33-20(37)21(24,25)23(29,30)31/h6-7,9-10,12,15H,4-5,8,11H2,1-3H3,(H,32,35)(H,33,37)/t15-/m1/s1. The van der Waals surface area contributed by atoms with Gasteiger partial charge in [0.25, 0.3) is 0 Å². The number of nitrogens with zero attached hydrogens (tertiary/aromatic N) is 3. The van der Waals surface area contributed by atoms with Gasteiger partial charge in [-0.2, -0.15) is 35.1 Å². The summed E-state index contributed by atoms with van der Waals surface area (Å²) < 4.78 is 104. The fourth-order valence-electron chi connectivity index (χ4n) is 3.92. The van der Waals surface area contributed by atoms with E-state index in [0.717, 1.165) is 32.0 Å². The van der Waals surface area contributed by atoms with Crippen LogP contribution in [0.5, 0.6) is 0 Å². The van der Waals surface area contributed by atoms with Crippen LogP contribution < -0.4 is 10.6 Å². The van der Waals surface area contributed by atoms with E-state index in [9.17, 15) is 39.9 Å². The third kappa shape index (κ3) is 6.46. The molecular weight excluding hydrogens is 514 g/mol. The Balaban J connectivity index is 1.93. The van der Waals surface area contributed by atoms with Crippen LogP contribution in [0.15, 0.2) is 24.3 Å². The van der Waals surface area contributed by atoms with Crippen LogP contribution in [0.3, 0.4) is 0 Å². The van der Waals surface area contributed by atoms with Gasteiger partial charge in [-0.1, -0.05) is 6.07 Å². The van der Waals surface area contributed by atoms with E-state index in [-0.39, 0.29) is 23.4 Å². The maximum atomic E-state index is 13.5. The van der Waals surface area contributed by atoms with Crippen LogP contribution in [0.1, 0.15) is 37.8 Å². The highest BCUT2D eigenvalue weighted by molar-refractivity contribution is 6.00. The Morgan fingerprint density at radius 3 is 2.30 bits per heavy atom. The summed E-state index contributed by atoms with van der Waals surface area (Å²) >= 11 is 0. The number of carbonyl (C=O) groups is 1. The zero-order chi connectivity index (χ0) is 27.8. The zero-order valence-corrected chi connectivity index (χ0v) is 20.1. The van der Waals surface area contributed by atoms with Gasteiger partial charge in [-0.25, -0.2) is 0 Å². The minimum atomic E-state index is -6.24. The maximum Gasteiger partial charge on any atom is 0.463 e. The first-order valence-corrected chi connectivity index (χ1v) is 11.3. The minimum absolute atomic E-state index is 0.0560. The number of halogens is 8. The number of aryl methyl sites for hydroxylation is 1. The molecule has 2 aromatic rings. The fraction of sp³-hybridized carbons (Fsp3) is 0.522. The maximum absolute atomic E-state index is 13.5. The van der Waals surface area contributed by atoms with E-state index in [1.54, 1.807) is 6.92 Å². The molecule has 0 spiro atoms. The molecule has 1 aliphatic heterocycles. The molecule has 1 aromatic heterocycles. The molecule has 0 saturated carbocycles. The molecule has 2 heterocycles. The van der Waals surface area contributed by atoms with E-state index < -0.39 is 35.4 Å². The molecule has 6 nitrogen and oxygen atoms in total. The zero-order valence-electron chi connectivity index (χ0n) is 20.1. The van der Waals surface area contributed by atoms with E-state index in [2.05, 4.69) is 34.3 Å². The number of nitrogens with one attached hydrogen (secondary N) is 2. The number of aromatic nitrogens is 2. The molecule has 1 atom stereocenters. The summed E-state index contributed by atoms with van der Waals surface area (Å²) in [6.45, 7) is 7.49. The molecule has 0 radical (unpaired) electrons. The Labute approximate surface area is 207 Å². The average Bonchev–Trinajstić information content (AvgIpc) is 2.79. The number of alkyl halides is 8. The summed E-state index contributed by atoms with van der Waals surface area (Å²) in [6.07, 6.45) is -9.37. The molecule has 3 rings (SSSR count). The van der Waals surface area contributed by atoms with Crippen molar-refractivity contribution in [2.24, 2.45) is 0 Å². The number of benzene rings is 1. The SMILES string of the molecule is Cc1cc(-c2ccc(C(F)(F)F)cc2NC(=O)C(F)(F)C(F)(F)F)nnc1N[C@@H]1CCCN(C(C)C)C1. The van der Waals surface area contributed by atoms with E-state index >= 15 is 0 Å². The predicted octanol–water partition coefficient (Wildman–Crippen LogP) is 5.89. The van der Waals surface area contributed by atoms with Crippen molar-refractivity contribution >= 4 is 17.4 Å². The normalized spacial score (nSPS) is 17.7. The number of amides is 1. The number of hydrogen-bond donors (Lipinski definition) is 2. The Morgan fingerprint density at radius 2 is 1.73 bits per heavy atom. The van der Waals surface area contributed by atoms with E-state index in [4.69, 9.17) is 0 Å². The molecule has 1 fully saturated rings. The highest BCUT2D eigenvalue weighted by Crippen LogP contribution is 2.39. The third-order valence-corrected chi connectivity index (χ3v) is 6.02. The first-order chi connectivity index (χ1) is 17.0. The van der Waals surface area contributed by atoms with E-state index in [1.165, 1.54) is 11.4 Å². The van der Waals surface area contributed by atoms with Gasteiger partial charge >= 0.3 is 24.2 Å². The van der Waals surface area contributed by atoms with Crippen LogP contribution in [0.2, 0.25) is 0 Å². The van der Waals surface area contributed by atoms with Crippen molar-refractivity contribution in [1.82, 2.24) is 15.1 Å². The monoisotopic (exact) mass is 539 g/mol. The molecule has 1 aliphatic rings. The Morgan fingerprint density at radius 1 is 1.05 bits per heavy atom. The summed E-state index contributed by atoms with van der Waals surface area (Å²) in [4.78, 5) is 14.0. The van der Waals surface area contributed by atoms with Gasteiger partial charge in [0.1, 0.15) is 0 Å². The molecule has 2 N–H and O–H groups in total. The van der Waals surface area contributed by atoms with Gasteiger partial charge in [0, 0.05) is 24.2 Å². The lowest BCUT2D eigenvalue weighted by Gasteiger charge is -2.36. The summed E-state index contributed by atoms with van der Waals surface area (Å²) in [6, 6.07) is 3.47. The lowest BCUT2D eigenvalue weighted by molar-refractivity contribution is -0.267. The highest BCUT2D eigenvalue weighted by Gasteiger charge is 2.63. The van der Waals surface area contributed by atoms with Crippen molar-refractivity contribution < 1.29 is 39.9 Å². The topological polar surface area (TPSA) is 70.1 Å². The largest absolute Gasteiger partial charge is 0.463 e. The van der Waals surface area contributed by atoms with Gasteiger partial charge in [-0.05, 0) is 63.9 Å². The molecular formula is C23H25F8N5O. The quantitative estimate of drug-likeness (QED) is 0.448. The van der Waals surface area contributed by atoms with Crippen molar-refractivity contribution in [3.8, 4) is 11.3 Å². The predicted molar refractivity (Wildman–Crippen MR) is 120 cm³/mol. The smallest absolute Gasteiger partial charge is 0.364 e. The molecule has 1 aromatic carbocycles. The molecule has 37 heavy (non-hydrogen) atoms. The van der Waals surface area contributed by atoms with Gasteiger partial charge in [0.2, 0.25) is 0 Å². The van der Waals surface area contributed by atoms with Gasteiger partial charge in [-0.15, -0.1) is 10.2 Å². The van der Waals surface area contributed by atoms with Crippen molar-refractivity contribution in [1.29, 1.82) is 0 Å². The number of anilines is 2. The van der Waals surface area contributed by atoms with Gasteiger partial charge in [0.05, 0.1) is 16.9 Å². The van der Waals surface area contributed by atoms with Crippen LogP contribution in [0, 0.1) is 6.92 Å². The van der Waals surface area contributed by atoms with Crippen LogP contribution >= 0.6 is 0 Å². The lowest BCUT2D eigenvalue weighted by atomic mass is 10.0. The number of hydrogen-bond acceptors (Lipinski definition) is 5. The summed E-state index contributed by atoms with van der Waals surface area (Å²) in [5.74, 6) is -8.27. The van der Waals surface area contributed by atoms with Gasteiger partial charge in [-0.3, -0.25) is 9.69 Å². The number of carbonyl (C=O) groups excluding carboxylic acids is 1. The number of rotatable bonds is 6. The summed E-state index contributed by atoms with van der Waals surface area (Å²) in [7, 11) is 0. The van der Waals surface area contributed by atoms with Crippen LogP contribution in [-0.2, 0) is 11.0 Å². The second-order valence-electron chi connectivity index (χ2n) is 9.12. The van der Waals surface area contributed by atoms with Crippen LogP contribution in [0.25, 0.3) is 11.3 Å². The van der Waals surface area contributed by atoms with Crippen LogP contribution in [-0.4, -0.2) is 58.3 Å². The first kappa shape index (κ1) is 28.5. The second-order valence-corrected chi connectivity index (χ2v) is 9.12. The number of piperidine rings is 1. The first-order valence-electron chi connectivity index (χ1n) is 11.3. The second kappa shape index (κ2) is 10.4. The molecule has 1 saturated heterocycles. The summed E-state index contributed by atoms with van der Waals surface area (Å²) in [5, 5.41) is 12.5. The van der Waals surface area contributed by atoms with Crippen LogP contribution in [0.4, 0.5) is 46.6 Å².